The van der Waals surface area contributed by atoms with Crippen molar-refractivity contribution in [1.29, 1.82) is 0 Å². The topological polar surface area (TPSA) is 23.5 Å². The molecule has 1 saturated heterocycles. The lowest BCUT2D eigenvalue weighted by Crippen LogP contribution is -2.34. The molecule has 0 amide bonds. The second kappa shape index (κ2) is 2.72. The SMILES string of the molecule is OC[C@@H]1C[C@@H](F)CN1C1CC1. The summed E-state index contributed by atoms with van der Waals surface area (Å²) in [5.74, 6) is 0. The third kappa shape index (κ3) is 1.40. The maximum atomic E-state index is 12.8. The summed E-state index contributed by atoms with van der Waals surface area (Å²) >= 11 is 0. The van der Waals surface area contributed by atoms with Gasteiger partial charge in [0.05, 0.1) is 6.61 Å². The summed E-state index contributed by atoms with van der Waals surface area (Å²) in [5, 5.41) is 8.92. The third-order valence-electron chi connectivity index (χ3n) is 2.63. The standard InChI is InChI=1S/C8H14FNO/c9-6-3-8(5-11)10(4-6)7-1-2-7/h6-8,11H,1-5H2/t6-,8+/m1/s1. The molecule has 0 unspecified atom stereocenters. The van der Waals surface area contributed by atoms with E-state index in [0.717, 1.165) is 0 Å². The Morgan fingerprint density at radius 3 is 2.73 bits per heavy atom. The van der Waals surface area contributed by atoms with Crippen LogP contribution in [0.3, 0.4) is 0 Å². The second-order valence-corrected chi connectivity index (χ2v) is 3.60. The molecule has 3 heteroatoms. The molecular weight excluding hydrogens is 145 g/mol. The molecule has 1 saturated carbocycles. The van der Waals surface area contributed by atoms with Gasteiger partial charge in [-0.2, -0.15) is 0 Å². The van der Waals surface area contributed by atoms with Crippen LogP contribution in [0.25, 0.3) is 0 Å². The van der Waals surface area contributed by atoms with E-state index in [1.54, 1.807) is 0 Å². The van der Waals surface area contributed by atoms with Crippen LogP contribution in [0.5, 0.6) is 0 Å². The second-order valence-electron chi connectivity index (χ2n) is 3.60. The highest BCUT2D eigenvalue weighted by atomic mass is 19.1. The monoisotopic (exact) mass is 159 g/mol. The number of halogens is 1. The van der Waals surface area contributed by atoms with Gasteiger partial charge >= 0.3 is 0 Å². The van der Waals surface area contributed by atoms with Crippen molar-refractivity contribution in [2.24, 2.45) is 0 Å². The lowest BCUT2D eigenvalue weighted by Gasteiger charge is -2.21. The van der Waals surface area contributed by atoms with Gasteiger partial charge in [-0.3, -0.25) is 4.90 Å². The van der Waals surface area contributed by atoms with E-state index in [1.165, 1.54) is 12.8 Å². The van der Waals surface area contributed by atoms with Crippen molar-refractivity contribution in [2.45, 2.75) is 37.5 Å². The number of nitrogens with zero attached hydrogens (tertiary/aromatic N) is 1. The molecule has 64 valence electrons. The fourth-order valence-corrected chi connectivity index (χ4v) is 1.92. The van der Waals surface area contributed by atoms with Gasteiger partial charge in [-0.1, -0.05) is 0 Å². The summed E-state index contributed by atoms with van der Waals surface area (Å²) < 4.78 is 12.8. The average molecular weight is 159 g/mol. The van der Waals surface area contributed by atoms with E-state index in [1.807, 2.05) is 0 Å². The minimum absolute atomic E-state index is 0.109. The summed E-state index contributed by atoms with van der Waals surface area (Å²) in [6.07, 6.45) is 2.23. The van der Waals surface area contributed by atoms with Gasteiger partial charge in [0.2, 0.25) is 0 Å². The largest absolute Gasteiger partial charge is 0.395 e. The van der Waals surface area contributed by atoms with Gasteiger partial charge in [-0.25, -0.2) is 4.39 Å². The van der Waals surface area contributed by atoms with E-state index in [2.05, 4.69) is 4.90 Å². The molecular formula is C8H14FNO. The normalized spacial score (nSPS) is 39.8. The van der Waals surface area contributed by atoms with E-state index < -0.39 is 6.17 Å². The highest BCUT2D eigenvalue weighted by Gasteiger charge is 2.40. The van der Waals surface area contributed by atoms with Gasteiger partial charge < -0.3 is 5.11 Å². The van der Waals surface area contributed by atoms with Crippen LogP contribution in [0.2, 0.25) is 0 Å². The predicted molar refractivity (Wildman–Crippen MR) is 40.1 cm³/mol. The Hall–Kier alpha value is -0.150. The first-order valence-corrected chi connectivity index (χ1v) is 4.32. The van der Waals surface area contributed by atoms with Crippen molar-refractivity contribution in [1.82, 2.24) is 4.90 Å². The fraction of sp³-hybridized carbons (Fsp3) is 1.00. The summed E-state index contributed by atoms with van der Waals surface area (Å²) in [5.41, 5.74) is 0. The minimum atomic E-state index is -0.701. The molecule has 2 aliphatic rings. The minimum Gasteiger partial charge on any atom is -0.395 e. The molecule has 1 aliphatic carbocycles. The lowest BCUT2D eigenvalue weighted by atomic mass is 10.2. The Morgan fingerprint density at radius 2 is 2.18 bits per heavy atom. The predicted octanol–water partition coefficient (Wildman–Crippen LogP) is 0.554. The Labute approximate surface area is 66.0 Å². The van der Waals surface area contributed by atoms with Gasteiger partial charge in [0.1, 0.15) is 6.17 Å². The molecule has 2 nitrogen and oxygen atoms in total. The van der Waals surface area contributed by atoms with Gasteiger partial charge in [0.25, 0.3) is 0 Å². The van der Waals surface area contributed by atoms with Crippen molar-refractivity contribution in [3.8, 4) is 0 Å². The van der Waals surface area contributed by atoms with Crippen molar-refractivity contribution < 1.29 is 9.50 Å². The summed E-state index contributed by atoms with van der Waals surface area (Å²) in [7, 11) is 0. The van der Waals surface area contributed by atoms with E-state index in [-0.39, 0.29) is 12.6 Å². The molecule has 0 aromatic rings. The van der Waals surface area contributed by atoms with E-state index in [0.29, 0.717) is 19.0 Å². The van der Waals surface area contributed by atoms with Crippen molar-refractivity contribution in [3.05, 3.63) is 0 Å². The third-order valence-corrected chi connectivity index (χ3v) is 2.63. The van der Waals surface area contributed by atoms with Crippen molar-refractivity contribution >= 4 is 0 Å². The molecule has 0 aromatic heterocycles. The number of alkyl halides is 1. The molecule has 1 heterocycles. The molecule has 2 atom stereocenters. The maximum absolute atomic E-state index is 12.8. The molecule has 11 heavy (non-hydrogen) atoms. The zero-order valence-electron chi connectivity index (χ0n) is 6.54. The van der Waals surface area contributed by atoms with Gasteiger partial charge in [-0.05, 0) is 19.3 Å². The molecule has 2 fully saturated rings. The molecule has 0 radical (unpaired) electrons. The number of likely N-dealkylation sites (tertiary alicyclic amines) is 1. The number of hydrogen-bond donors (Lipinski definition) is 1. The Kier molecular flexibility index (Phi) is 1.85. The van der Waals surface area contributed by atoms with Gasteiger partial charge in [0, 0.05) is 18.6 Å². The quantitative estimate of drug-likeness (QED) is 0.636. The number of rotatable bonds is 2. The van der Waals surface area contributed by atoms with Crippen molar-refractivity contribution in [3.63, 3.8) is 0 Å². The highest BCUT2D eigenvalue weighted by molar-refractivity contribution is 4.95. The number of aliphatic hydroxyl groups is 1. The van der Waals surface area contributed by atoms with Crippen LogP contribution in [0.1, 0.15) is 19.3 Å². The zero-order chi connectivity index (χ0) is 7.84. The molecule has 0 bridgehead atoms. The van der Waals surface area contributed by atoms with Crippen LogP contribution in [0.15, 0.2) is 0 Å². The van der Waals surface area contributed by atoms with Crippen LogP contribution in [-0.2, 0) is 0 Å². The number of hydrogen-bond acceptors (Lipinski definition) is 2. The van der Waals surface area contributed by atoms with Crippen LogP contribution < -0.4 is 0 Å². The van der Waals surface area contributed by atoms with Gasteiger partial charge in [-0.15, -0.1) is 0 Å². The van der Waals surface area contributed by atoms with Crippen LogP contribution in [0, 0.1) is 0 Å². The first kappa shape index (κ1) is 7.50. The van der Waals surface area contributed by atoms with Crippen LogP contribution in [0.4, 0.5) is 4.39 Å². The Bertz CT molecular complexity index is 149. The highest BCUT2D eigenvalue weighted by Crippen LogP contribution is 2.33. The maximum Gasteiger partial charge on any atom is 0.114 e. The van der Waals surface area contributed by atoms with E-state index in [4.69, 9.17) is 5.11 Å². The van der Waals surface area contributed by atoms with Gasteiger partial charge in [0.15, 0.2) is 0 Å². The Morgan fingerprint density at radius 1 is 1.45 bits per heavy atom. The Balaban J connectivity index is 1.95. The average Bonchev–Trinajstić information content (AvgIpc) is 2.75. The van der Waals surface area contributed by atoms with Crippen LogP contribution in [-0.4, -0.2) is 41.4 Å². The molecule has 2 rings (SSSR count). The summed E-state index contributed by atoms with van der Waals surface area (Å²) in [4.78, 5) is 2.13. The smallest absolute Gasteiger partial charge is 0.114 e. The van der Waals surface area contributed by atoms with Crippen molar-refractivity contribution in [2.75, 3.05) is 13.2 Å². The first-order chi connectivity index (χ1) is 5.31. The van der Waals surface area contributed by atoms with E-state index >= 15 is 0 Å². The van der Waals surface area contributed by atoms with E-state index in [9.17, 15) is 4.39 Å². The molecule has 0 spiro atoms. The number of aliphatic hydroxyl groups excluding tert-OH is 1. The summed E-state index contributed by atoms with van der Waals surface area (Å²) in [6.45, 7) is 0.673. The molecule has 1 N–H and O–H groups in total. The molecule has 1 aliphatic heterocycles. The lowest BCUT2D eigenvalue weighted by molar-refractivity contribution is 0.152. The first-order valence-electron chi connectivity index (χ1n) is 4.32. The molecule has 0 aromatic carbocycles. The fourth-order valence-electron chi connectivity index (χ4n) is 1.92. The summed E-state index contributed by atoms with van der Waals surface area (Å²) in [6, 6.07) is 0.699. The van der Waals surface area contributed by atoms with Crippen LogP contribution >= 0.6 is 0 Å². The zero-order valence-corrected chi connectivity index (χ0v) is 6.54.